The van der Waals surface area contributed by atoms with Crippen molar-refractivity contribution in [1.82, 2.24) is 4.98 Å². The van der Waals surface area contributed by atoms with Crippen molar-refractivity contribution in [2.75, 3.05) is 5.32 Å². The van der Waals surface area contributed by atoms with E-state index < -0.39 is 17.6 Å². The van der Waals surface area contributed by atoms with Gasteiger partial charge in [0.1, 0.15) is 17.7 Å². The molecular weight excluding hydrogens is 274 g/mol. The predicted molar refractivity (Wildman–Crippen MR) is 63.6 cm³/mol. The highest BCUT2D eigenvalue weighted by atomic mass is 19.4. The lowest BCUT2D eigenvalue weighted by atomic mass is 10.2. The zero-order chi connectivity index (χ0) is 14.8. The van der Waals surface area contributed by atoms with Crippen LogP contribution in [-0.4, -0.2) is 4.98 Å². The second kappa shape index (κ2) is 5.17. The van der Waals surface area contributed by atoms with E-state index in [9.17, 15) is 17.6 Å². The van der Waals surface area contributed by atoms with Crippen LogP contribution in [0.5, 0.6) is 0 Å². The molecule has 0 spiro atoms. The summed E-state index contributed by atoms with van der Waals surface area (Å²) in [5.41, 5.74) is -1.01. The summed E-state index contributed by atoms with van der Waals surface area (Å²) in [5.74, 6) is -0.689. The molecule has 1 aromatic heterocycles. The first-order valence-electron chi connectivity index (χ1n) is 5.40. The summed E-state index contributed by atoms with van der Waals surface area (Å²) in [5, 5.41) is 11.0. The highest BCUT2D eigenvalue weighted by Crippen LogP contribution is 2.32. The minimum absolute atomic E-state index is 0.141. The Kier molecular flexibility index (Phi) is 3.57. The smallest absolute Gasteiger partial charge is 0.338 e. The van der Waals surface area contributed by atoms with Crippen molar-refractivity contribution in [3.05, 3.63) is 53.5 Å². The Morgan fingerprint density at radius 1 is 1.15 bits per heavy atom. The molecule has 1 aromatic carbocycles. The molecule has 3 nitrogen and oxygen atoms in total. The lowest BCUT2D eigenvalue weighted by molar-refractivity contribution is -0.137. The van der Waals surface area contributed by atoms with E-state index >= 15 is 0 Å². The van der Waals surface area contributed by atoms with Crippen LogP contribution in [0.1, 0.15) is 11.1 Å². The average molecular weight is 281 g/mol. The van der Waals surface area contributed by atoms with Crippen molar-refractivity contribution >= 4 is 11.5 Å². The Bertz CT molecular complexity index is 657. The van der Waals surface area contributed by atoms with Gasteiger partial charge >= 0.3 is 6.18 Å². The van der Waals surface area contributed by atoms with Crippen LogP contribution in [0.2, 0.25) is 0 Å². The van der Waals surface area contributed by atoms with E-state index in [-0.39, 0.29) is 11.5 Å². The molecule has 1 heterocycles. The van der Waals surface area contributed by atoms with E-state index in [1.807, 2.05) is 6.07 Å². The number of hydrogen-bond acceptors (Lipinski definition) is 3. The number of benzene rings is 1. The third-order valence-corrected chi connectivity index (χ3v) is 2.45. The number of alkyl halides is 3. The van der Waals surface area contributed by atoms with E-state index in [2.05, 4.69) is 10.3 Å². The van der Waals surface area contributed by atoms with Gasteiger partial charge in [0.2, 0.25) is 0 Å². The summed E-state index contributed by atoms with van der Waals surface area (Å²) < 4.78 is 51.1. The van der Waals surface area contributed by atoms with E-state index in [1.165, 1.54) is 18.3 Å². The fraction of sp³-hybridized carbons (Fsp3) is 0.0769. The van der Waals surface area contributed by atoms with Crippen LogP contribution in [0.3, 0.4) is 0 Å². The van der Waals surface area contributed by atoms with Crippen molar-refractivity contribution in [2.45, 2.75) is 6.18 Å². The van der Waals surface area contributed by atoms with Gasteiger partial charge in [0.15, 0.2) is 0 Å². The van der Waals surface area contributed by atoms with Crippen LogP contribution in [0.25, 0.3) is 0 Å². The molecule has 0 atom stereocenters. The molecule has 0 unspecified atom stereocenters. The van der Waals surface area contributed by atoms with Crippen LogP contribution in [0.4, 0.5) is 29.1 Å². The number of rotatable bonds is 2. The highest BCUT2D eigenvalue weighted by Gasteiger charge is 2.31. The Morgan fingerprint density at radius 3 is 2.45 bits per heavy atom. The van der Waals surface area contributed by atoms with E-state index in [1.54, 1.807) is 0 Å². The molecule has 0 saturated heterocycles. The fourth-order valence-electron chi connectivity index (χ4n) is 1.47. The number of halogens is 4. The number of aromatic nitrogens is 1. The zero-order valence-electron chi connectivity index (χ0n) is 9.87. The van der Waals surface area contributed by atoms with Gasteiger partial charge in [0, 0.05) is 6.20 Å². The number of nitrogens with one attached hydrogen (secondary N) is 1. The standard InChI is InChI=1S/C13H7F4N3/c14-10-3-2-9(13(15,16)17)5-11(10)20-12-4-1-8(6-18)7-19-12/h1-5,7H,(H,19,20). The van der Waals surface area contributed by atoms with Crippen LogP contribution >= 0.6 is 0 Å². The second-order valence-electron chi connectivity index (χ2n) is 3.86. The first-order chi connectivity index (χ1) is 9.40. The monoisotopic (exact) mass is 281 g/mol. The molecule has 1 N–H and O–H groups in total. The lowest BCUT2D eigenvalue weighted by Gasteiger charge is -2.11. The number of anilines is 2. The maximum Gasteiger partial charge on any atom is 0.416 e. The fourth-order valence-corrected chi connectivity index (χ4v) is 1.47. The SMILES string of the molecule is N#Cc1ccc(Nc2cc(C(F)(F)F)ccc2F)nc1. The van der Waals surface area contributed by atoms with Gasteiger partial charge in [-0.1, -0.05) is 0 Å². The first-order valence-corrected chi connectivity index (χ1v) is 5.40. The van der Waals surface area contributed by atoms with Gasteiger partial charge in [-0.2, -0.15) is 18.4 Å². The largest absolute Gasteiger partial charge is 0.416 e. The number of hydrogen-bond donors (Lipinski definition) is 1. The second-order valence-corrected chi connectivity index (χ2v) is 3.86. The van der Waals surface area contributed by atoms with Gasteiger partial charge in [-0.25, -0.2) is 9.37 Å². The maximum atomic E-state index is 13.5. The van der Waals surface area contributed by atoms with Crippen molar-refractivity contribution in [3.8, 4) is 6.07 Å². The molecule has 102 valence electrons. The first kappa shape index (κ1) is 13.8. The van der Waals surface area contributed by atoms with Crippen molar-refractivity contribution in [1.29, 1.82) is 5.26 Å². The van der Waals surface area contributed by atoms with Crippen LogP contribution in [0.15, 0.2) is 36.5 Å². The highest BCUT2D eigenvalue weighted by molar-refractivity contribution is 5.58. The van der Waals surface area contributed by atoms with Crippen molar-refractivity contribution in [2.24, 2.45) is 0 Å². The quantitative estimate of drug-likeness (QED) is 0.850. The minimum atomic E-state index is -4.55. The van der Waals surface area contributed by atoms with E-state index in [0.29, 0.717) is 17.7 Å². The van der Waals surface area contributed by atoms with Gasteiger partial charge in [-0.15, -0.1) is 0 Å². The predicted octanol–water partition coefficient (Wildman–Crippen LogP) is 3.85. The maximum absolute atomic E-state index is 13.5. The van der Waals surface area contributed by atoms with Crippen molar-refractivity contribution < 1.29 is 17.6 Å². The molecule has 20 heavy (non-hydrogen) atoms. The molecule has 0 saturated carbocycles. The summed E-state index contributed by atoms with van der Waals surface area (Å²) in [4.78, 5) is 3.80. The normalized spacial score (nSPS) is 10.9. The molecule has 0 fully saturated rings. The molecule has 0 aliphatic heterocycles. The molecule has 2 rings (SSSR count). The third kappa shape index (κ3) is 3.03. The topological polar surface area (TPSA) is 48.7 Å². The summed E-state index contributed by atoms with van der Waals surface area (Å²) in [6.45, 7) is 0. The third-order valence-electron chi connectivity index (χ3n) is 2.45. The molecule has 7 heteroatoms. The van der Waals surface area contributed by atoms with Gasteiger partial charge in [0.25, 0.3) is 0 Å². The molecule has 0 aliphatic rings. The number of nitriles is 1. The van der Waals surface area contributed by atoms with E-state index in [4.69, 9.17) is 5.26 Å². The Morgan fingerprint density at radius 2 is 1.90 bits per heavy atom. The Labute approximate surface area is 111 Å². The molecule has 0 amide bonds. The molecule has 0 radical (unpaired) electrons. The van der Waals surface area contributed by atoms with Gasteiger partial charge in [0.05, 0.1) is 16.8 Å². The van der Waals surface area contributed by atoms with Gasteiger partial charge in [-0.05, 0) is 30.3 Å². The number of pyridine rings is 1. The minimum Gasteiger partial charge on any atom is -0.338 e. The van der Waals surface area contributed by atoms with E-state index in [0.717, 1.165) is 6.07 Å². The van der Waals surface area contributed by atoms with Gasteiger partial charge < -0.3 is 5.32 Å². The summed E-state index contributed by atoms with van der Waals surface area (Å²) in [6.07, 6.45) is -3.32. The Hall–Kier alpha value is -2.62. The number of nitrogens with zero attached hydrogens (tertiary/aromatic N) is 2. The molecule has 0 bridgehead atoms. The van der Waals surface area contributed by atoms with Crippen LogP contribution in [-0.2, 0) is 6.18 Å². The zero-order valence-corrected chi connectivity index (χ0v) is 9.87. The molecule has 2 aromatic rings. The molecular formula is C13H7F4N3. The average Bonchev–Trinajstić information content (AvgIpc) is 2.41. The summed E-state index contributed by atoms with van der Waals surface area (Å²) in [7, 11) is 0. The Balaban J connectivity index is 2.30. The van der Waals surface area contributed by atoms with Crippen LogP contribution < -0.4 is 5.32 Å². The lowest BCUT2D eigenvalue weighted by Crippen LogP contribution is -2.06. The summed E-state index contributed by atoms with van der Waals surface area (Å²) >= 11 is 0. The summed E-state index contributed by atoms with van der Waals surface area (Å²) in [6, 6.07) is 6.69. The van der Waals surface area contributed by atoms with Gasteiger partial charge in [-0.3, -0.25) is 0 Å². The van der Waals surface area contributed by atoms with Crippen molar-refractivity contribution in [3.63, 3.8) is 0 Å². The molecule has 0 aliphatic carbocycles. The van der Waals surface area contributed by atoms with Crippen LogP contribution in [0, 0.1) is 17.1 Å².